The number of nitrogens with zero attached hydrogens (tertiary/aromatic N) is 3. The summed E-state index contributed by atoms with van der Waals surface area (Å²) in [5.41, 5.74) is 1.19. The second-order valence-electron chi connectivity index (χ2n) is 12.0. The fourth-order valence-electron chi connectivity index (χ4n) is 7.65. The van der Waals surface area contributed by atoms with Crippen molar-refractivity contribution in [2.45, 2.75) is 96.8 Å². The van der Waals surface area contributed by atoms with E-state index in [4.69, 9.17) is 0 Å². The zero-order valence-corrected chi connectivity index (χ0v) is 19.7. The Hall–Kier alpha value is -2.21. The van der Waals surface area contributed by atoms with E-state index < -0.39 is 11.5 Å². The first kappa shape index (κ1) is 21.6. The Labute approximate surface area is 189 Å². The van der Waals surface area contributed by atoms with E-state index in [9.17, 15) is 14.7 Å². The fraction of sp³-hybridized carbons (Fsp3) is 0.654. The Morgan fingerprint density at radius 3 is 2.16 bits per heavy atom. The second-order valence-corrected chi connectivity index (χ2v) is 12.0. The summed E-state index contributed by atoms with van der Waals surface area (Å²) in [5.74, 6) is -1.25. The molecule has 2 saturated heterocycles. The molecule has 2 bridgehead atoms. The smallest absolute Gasteiger partial charge is 0.360 e. The number of benzene rings is 1. The van der Waals surface area contributed by atoms with E-state index in [-0.39, 0.29) is 11.7 Å². The van der Waals surface area contributed by atoms with Gasteiger partial charge in [-0.1, -0.05) is 39.8 Å². The molecular formula is C26H35N3O3. The Morgan fingerprint density at radius 2 is 1.56 bits per heavy atom. The molecule has 1 aromatic carbocycles. The van der Waals surface area contributed by atoms with E-state index in [1.165, 1.54) is 32.1 Å². The number of carboxylic acids is 1. The first-order valence-electron chi connectivity index (χ1n) is 12.1. The first-order valence-corrected chi connectivity index (χ1v) is 12.1. The molecule has 2 aliphatic heterocycles. The lowest BCUT2D eigenvalue weighted by atomic mass is 9.63. The molecular weight excluding hydrogens is 402 g/mol. The Balaban J connectivity index is 1.49. The molecule has 32 heavy (non-hydrogen) atoms. The van der Waals surface area contributed by atoms with Crippen molar-refractivity contribution < 1.29 is 9.90 Å². The Bertz CT molecular complexity index is 1090. The van der Waals surface area contributed by atoms with Crippen molar-refractivity contribution in [2.75, 3.05) is 0 Å². The van der Waals surface area contributed by atoms with Gasteiger partial charge in [0.2, 0.25) is 5.69 Å². The van der Waals surface area contributed by atoms with Crippen LogP contribution < -0.4 is 5.56 Å². The number of hydrogen-bond donors (Lipinski definition) is 1. The maximum Gasteiger partial charge on any atom is 0.360 e. The number of carbonyl (C=O) groups is 1. The molecule has 2 aromatic rings. The van der Waals surface area contributed by atoms with Crippen molar-refractivity contribution in [3.8, 4) is 0 Å². The molecule has 0 spiro atoms. The van der Waals surface area contributed by atoms with Crippen molar-refractivity contribution in [1.29, 1.82) is 0 Å². The lowest BCUT2D eigenvalue weighted by Gasteiger charge is -2.52. The molecule has 172 valence electrons. The van der Waals surface area contributed by atoms with E-state index in [1.54, 1.807) is 10.6 Å². The summed E-state index contributed by atoms with van der Waals surface area (Å²) >= 11 is 0. The highest BCUT2D eigenvalue weighted by atomic mass is 16.4. The van der Waals surface area contributed by atoms with Crippen molar-refractivity contribution in [3.05, 3.63) is 40.3 Å². The predicted molar refractivity (Wildman–Crippen MR) is 125 cm³/mol. The van der Waals surface area contributed by atoms with Gasteiger partial charge in [-0.25, -0.2) is 9.78 Å². The quantitative estimate of drug-likeness (QED) is 0.742. The first-order chi connectivity index (χ1) is 15.0. The van der Waals surface area contributed by atoms with Crippen molar-refractivity contribution in [2.24, 2.45) is 10.8 Å². The zero-order valence-electron chi connectivity index (χ0n) is 19.7. The van der Waals surface area contributed by atoms with Gasteiger partial charge in [-0.15, -0.1) is 0 Å². The molecule has 0 radical (unpaired) electrons. The summed E-state index contributed by atoms with van der Waals surface area (Å²) in [5, 5.41) is 9.59. The van der Waals surface area contributed by atoms with Crippen LogP contribution in [0.15, 0.2) is 29.1 Å². The lowest BCUT2D eigenvalue weighted by molar-refractivity contribution is -0.0212. The van der Waals surface area contributed by atoms with Gasteiger partial charge in [0.25, 0.3) is 5.56 Å². The van der Waals surface area contributed by atoms with Crippen molar-refractivity contribution in [1.82, 2.24) is 14.5 Å². The largest absolute Gasteiger partial charge is 0.476 e. The van der Waals surface area contributed by atoms with Crippen LogP contribution in [0.3, 0.4) is 0 Å². The Morgan fingerprint density at radius 1 is 0.969 bits per heavy atom. The number of hydrogen-bond acceptors (Lipinski definition) is 4. The number of aromatic nitrogens is 2. The van der Waals surface area contributed by atoms with E-state index in [2.05, 4.69) is 37.6 Å². The van der Waals surface area contributed by atoms with Gasteiger partial charge in [0.05, 0.1) is 11.0 Å². The highest BCUT2D eigenvalue weighted by Crippen LogP contribution is 2.51. The number of fused-ring (bicyclic) bond motifs is 3. The highest BCUT2D eigenvalue weighted by Gasteiger charge is 2.49. The average Bonchev–Trinajstić information content (AvgIpc) is 2.95. The molecule has 5 rings (SSSR count). The zero-order chi connectivity index (χ0) is 22.8. The number of aromatic carboxylic acids is 1. The third-order valence-electron chi connectivity index (χ3n) is 8.08. The van der Waals surface area contributed by atoms with Gasteiger partial charge >= 0.3 is 5.97 Å². The third-order valence-corrected chi connectivity index (χ3v) is 8.08. The van der Waals surface area contributed by atoms with Crippen molar-refractivity contribution >= 4 is 17.0 Å². The number of piperidine rings is 1. The van der Waals surface area contributed by atoms with Crippen LogP contribution in [-0.2, 0) is 0 Å². The summed E-state index contributed by atoms with van der Waals surface area (Å²) < 4.78 is 1.75. The van der Waals surface area contributed by atoms with Gasteiger partial charge in [-0.05, 0) is 67.9 Å². The molecule has 6 nitrogen and oxygen atoms in total. The normalized spacial score (nSPS) is 29.9. The minimum atomic E-state index is -1.25. The average molecular weight is 438 g/mol. The second kappa shape index (κ2) is 7.41. The maximum absolute atomic E-state index is 13.2. The molecule has 1 unspecified atom stereocenters. The summed E-state index contributed by atoms with van der Waals surface area (Å²) in [6, 6.07) is 8.97. The molecule has 3 heterocycles. The summed E-state index contributed by atoms with van der Waals surface area (Å²) in [6.45, 7) is 9.63. The van der Waals surface area contributed by atoms with Gasteiger partial charge < -0.3 is 9.67 Å². The van der Waals surface area contributed by atoms with E-state index in [1.807, 2.05) is 18.2 Å². The molecule has 3 atom stereocenters. The molecule has 0 amide bonds. The Kier molecular flexibility index (Phi) is 5.01. The van der Waals surface area contributed by atoms with Gasteiger partial charge in [-0.2, -0.15) is 0 Å². The van der Waals surface area contributed by atoms with Crippen LogP contribution in [0.1, 0.15) is 89.2 Å². The van der Waals surface area contributed by atoms with Crippen LogP contribution in [0.5, 0.6) is 0 Å². The van der Waals surface area contributed by atoms with Gasteiger partial charge in [0.1, 0.15) is 0 Å². The van der Waals surface area contributed by atoms with Gasteiger partial charge in [0.15, 0.2) is 0 Å². The van der Waals surface area contributed by atoms with Crippen LogP contribution in [0.2, 0.25) is 0 Å². The minimum Gasteiger partial charge on any atom is -0.476 e. The fourth-order valence-corrected chi connectivity index (χ4v) is 7.65. The van der Waals surface area contributed by atoms with E-state index in [0.29, 0.717) is 34.5 Å². The van der Waals surface area contributed by atoms with Crippen LogP contribution >= 0.6 is 0 Å². The van der Waals surface area contributed by atoms with Crippen LogP contribution in [-0.4, -0.2) is 43.7 Å². The monoisotopic (exact) mass is 437 g/mol. The summed E-state index contributed by atoms with van der Waals surface area (Å²) in [6.07, 6.45) is 7.87. The van der Waals surface area contributed by atoms with Crippen LogP contribution in [0.4, 0.5) is 0 Å². The third kappa shape index (κ3) is 3.66. The van der Waals surface area contributed by atoms with Gasteiger partial charge in [0, 0.05) is 24.2 Å². The predicted octanol–water partition coefficient (Wildman–Crippen LogP) is 4.87. The molecule has 3 fully saturated rings. The molecule has 1 aromatic heterocycles. The van der Waals surface area contributed by atoms with Gasteiger partial charge in [-0.3, -0.25) is 9.69 Å². The topological polar surface area (TPSA) is 75.4 Å². The SMILES string of the molecule is CC1(C)CC(N2[C@@H]3CC[C@H]2CC(n2c(=O)c(C(=O)O)nc4ccccc42)C3)CC(C)(C)C1. The van der Waals surface area contributed by atoms with Crippen LogP contribution in [0.25, 0.3) is 11.0 Å². The van der Waals surface area contributed by atoms with E-state index in [0.717, 1.165) is 18.4 Å². The number of carboxylic acid groups (broad SMARTS) is 1. The molecule has 1 saturated carbocycles. The standard InChI is InChI=1S/C26H35N3O3/c1-25(2)13-19(14-26(3,4)15-25)28-16-9-10-17(28)12-18(11-16)29-21-8-6-5-7-20(21)27-22(23(29)30)24(31)32/h5-8,16-19H,9-15H2,1-4H3,(H,31,32)/t16-,17+,18?. The maximum atomic E-state index is 13.2. The van der Waals surface area contributed by atoms with E-state index >= 15 is 0 Å². The molecule has 3 aliphatic rings. The summed E-state index contributed by atoms with van der Waals surface area (Å²) in [7, 11) is 0. The minimum absolute atomic E-state index is 0.0202. The van der Waals surface area contributed by atoms with Crippen LogP contribution in [0, 0.1) is 10.8 Å². The number of para-hydroxylation sites is 2. The highest BCUT2D eigenvalue weighted by molar-refractivity contribution is 5.88. The molecule has 1 N–H and O–H groups in total. The lowest BCUT2D eigenvalue weighted by Crippen LogP contribution is -2.54. The summed E-state index contributed by atoms with van der Waals surface area (Å²) in [4.78, 5) is 31.9. The molecule has 1 aliphatic carbocycles. The van der Waals surface area contributed by atoms with Crippen molar-refractivity contribution in [3.63, 3.8) is 0 Å². The molecule has 6 heteroatoms. The number of rotatable bonds is 3.